The number of methoxy groups -OCH3 is 1. The Morgan fingerprint density at radius 2 is 2.00 bits per heavy atom. The zero-order chi connectivity index (χ0) is 20.2. The Hall–Kier alpha value is -2.03. The molecule has 6 nitrogen and oxygen atoms in total. The van der Waals surface area contributed by atoms with Gasteiger partial charge in [-0.25, -0.2) is 9.37 Å². The van der Waals surface area contributed by atoms with E-state index >= 15 is 0 Å². The molecule has 0 amide bonds. The van der Waals surface area contributed by atoms with Crippen LogP contribution in [0.4, 0.5) is 4.39 Å². The van der Waals surface area contributed by atoms with E-state index in [-0.39, 0.29) is 34.8 Å². The molecule has 27 heavy (non-hydrogen) atoms. The van der Waals surface area contributed by atoms with Crippen LogP contribution in [0.25, 0.3) is 0 Å². The molecule has 0 spiro atoms. The fourth-order valence-electron chi connectivity index (χ4n) is 2.22. The normalized spacial score (nSPS) is 12.3. The SMILES string of the molecule is COCc1cc(CO)nc(/C(=N/OC(C)(C)C)c2ccc(F)c(Br)c2)c1O. The summed E-state index contributed by atoms with van der Waals surface area (Å²) in [5, 5.41) is 24.4. The van der Waals surface area contributed by atoms with E-state index < -0.39 is 11.4 Å². The average Bonchev–Trinajstić information content (AvgIpc) is 2.60. The molecule has 0 aliphatic rings. The summed E-state index contributed by atoms with van der Waals surface area (Å²) in [5.74, 6) is -0.582. The summed E-state index contributed by atoms with van der Waals surface area (Å²) >= 11 is 3.15. The fourth-order valence-corrected chi connectivity index (χ4v) is 2.60. The highest BCUT2D eigenvalue weighted by molar-refractivity contribution is 9.10. The van der Waals surface area contributed by atoms with Crippen LogP contribution in [0.5, 0.6) is 5.75 Å². The minimum Gasteiger partial charge on any atom is -0.505 e. The van der Waals surface area contributed by atoms with E-state index in [9.17, 15) is 14.6 Å². The predicted octanol–water partition coefficient (Wildman–Crippen LogP) is 3.90. The number of aromatic nitrogens is 1. The van der Waals surface area contributed by atoms with E-state index in [1.165, 1.54) is 25.3 Å². The van der Waals surface area contributed by atoms with E-state index in [4.69, 9.17) is 9.57 Å². The first-order valence-electron chi connectivity index (χ1n) is 8.19. The molecule has 0 radical (unpaired) electrons. The molecule has 2 N–H and O–H groups in total. The lowest BCUT2D eigenvalue weighted by Gasteiger charge is -2.18. The largest absolute Gasteiger partial charge is 0.505 e. The minimum atomic E-state index is -0.595. The molecule has 0 fully saturated rings. The maximum absolute atomic E-state index is 13.7. The van der Waals surface area contributed by atoms with Gasteiger partial charge in [0.05, 0.1) is 23.4 Å². The van der Waals surface area contributed by atoms with Crippen molar-refractivity contribution in [2.75, 3.05) is 7.11 Å². The summed E-state index contributed by atoms with van der Waals surface area (Å²) in [5.41, 5.74) is 0.971. The van der Waals surface area contributed by atoms with Crippen LogP contribution in [-0.2, 0) is 22.8 Å². The zero-order valence-corrected chi connectivity index (χ0v) is 17.2. The van der Waals surface area contributed by atoms with Crippen molar-refractivity contribution in [1.29, 1.82) is 0 Å². The van der Waals surface area contributed by atoms with Crippen molar-refractivity contribution in [1.82, 2.24) is 4.98 Å². The summed E-state index contributed by atoms with van der Waals surface area (Å²) < 4.78 is 19.0. The van der Waals surface area contributed by atoms with Gasteiger partial charge in [0.25, 0.3) is 0 Å². The van der Waals surface area contributed by atoms with Gasteiger partial charge in [-0.05, 0) is 61.0 Å². The molecule has 1 aromatic heterocycles. The quantitative estimate of drug-likeness (QED) is 0.525. The molecule has 0 aliphatic carbocycles. The second-order valence-corrected chi connectivity index (χ2v) is 7.69. The summed E-state index contributed by atoms with van der Waals surface area (Å²) in [6, 6.07) is 5.84. The number of rotatable bonds is 6. The Kier molecular flexibility index (Phi) is 6.91. The van der Waals surface area contributed by atoms with Crippen molar-refractivity contribution in [3.63, 3.8) is 0 Å². The number of hydrogen-bond donors (Lipinski definition) is 2. The average molecular weight is 441 g/mol. The van der Waals surface area contributed by atoms with Crippen molar-refractivity contribution in [2.45, 2.75) is 39.6 Å². The number of halogens is 2. The van der Waals surface area contributed by atoms with Crippen LogP contribution in [0.1, 0.15) is 43.3 Å². The molecule has 0 bridgehead atoms. The minimum absolute atomic E-state index is 0.108. The molecule has 0 aliphatic heterocycles. The maximum Gasteiger partial charge on any atom is 0.149 e. The lowest BCUT2D eigenvalue weighted by atomic mass is 10.0. The molecule has 1 aromatic carbocycles. The summed E-state index contributed by atoms with van der Waals surface area (Å²) in [7, 11) is 1.49. The van der Waals surface area contributed by atoms with Gasteiger partial charge in [0.1, 0.15) is 28.6 Å². The number of aliphatic hydroxyl groups excluding tert-OH is 1. The van der Waals surface area contributed by atoms with Crippen LogP contribution in [0.3, 0.4) is 0 Å². The van der Waals surface area contributed by atoms with Gasteiger partial charge < -0.3 is 19.8 Å². The number of ether oxygens (including phenoxy) is 1. The fraction of sp³-hybridized carbons (Fsp3) is 0.368. The number of oxime groups is 1. The van der Waals surface area contributed by atoms with Gasteiger partial charge in [0.15, 0.2) is 0 Å². The Balaban J connectivity index is 2.69. The molecular formula is C19H22BrFN2O4. The van der Waals surface area contributed by atoms with Crippen LogP contribution in [0.2, 0.25) is 0 Å². The van der Waals surface area contributed by atoms with Crippen molar-refractivity contribution >= 4 is 21.6 Å². The first-order chi connectivity index (χ1) is 12.7. The van der Waals surface area contributed by atoms with E-state index in [2.05, 4.69) is 26.1 Å². The molecule has 2 rings (SSSR count). The van der Waals surface area contributed by atoms with Gasteiger partial charge in [-0.15, -0.1) is 0 Å². The van der Waals surface area contributed by atoms with Crippen LogP contribution in [0, 0.1) is 5.82 Å². The number of benzene rings is 1. The highest BCUT2D eigenvalue weighted by atomic mass is 79.9. The van der Waals surface area contributed by atoms with Gasteiger partial charge in [-0.3, -0.25) is 0 Å². The van der Waals surface area contributed by atoms with E-state index in [1.54, 1.807) is 6.07 Å². The molecule has 0 saturated carbocycles. The van der Waals surface area contributed by atoms with Crippen LogP contribution < -0.4 is 0 Å². The lowest BCUT2D eigenvalue weighted by Crippen LogP contribution is -2.18. The topological polar surface area (TPSA) is 84.2 Å². The number of pyridine rings is 1. The molecule has 2 aromatic rings. The smallest absolute Gasteiger partial charge is 0.149 e. The third-order valence-electron chi connectivity index (χ3n) is 3.41. The highest BCUT2D eigenvalue weighted by Gasteiger charge is 2.21. The van der Waals surface area contributed by atoms with Gasteiger partial charge in [-0.2, -0.15) is 0 Å². The van der Waals surface area contributed by atoms with Crippen LogP contribution in [-0.4, -0.2) is 33.6 Å². The number of aliphatic hydroxyl groups is 1. The van der Waals surface area contributed by atoms with E-state index in [0.717, 1.165) is 0 Å². The molecular weight excluding hydrogens is 419 g/mol. The van der Waals surface area contributed by atoms with Crippen molar-refractivity contribution in [3.8, 4) is 5.75 Å². The molecule has 0 unspecified atom stereocenters. The van der Waals surface area contributed by atoms with Crippen molar-refractivity contribution in [3.05, 3.63) is 57.1 Å². The number of nitrogens with zero attached hydrogens (tertiary/aromatic N) is 2. The number of hydrogen-bond acceptors (Lipinski definition) is 6. The first kappa shape index (κ1) is 21.3. The Morgan fingerprint density at radius 1 is 1.30 bits per heavy atom. The highest BCUT2D eigenvalue weighted by Crippen LogP contribution is 2.28. The Labute approximate surface area is 165 Å². The molecule has 8 heteroatoms. The molecule has 0 saturated heterocycles. The van der Waals surface area contributed by atoms with Gasteiger partial charge in [-0.1, -0.05) is 5.16 Å². The number of aromatic hydroxyl groups is 1. The van der Waals surface area contributed by atoms with Gasteiger partial charge >= 0.3 is 0 Å². The second kappa shape index (κ2) is 8.77. The third-order valence-corrected chi connectivity index (χ3v) is 4.02. The molecule has 1 heterocycles. The summed E-state index contributed by atoms with van der Waals surface area (Å²) in [6.07, 6.45) is 0. The van der Waals surface area contributed by atoms with Gasteiger partial charge in [0, 0.05) is 18.2 Å². The molecule has 0 atom stereocenters. The first-order valence-corrected chi connectivity index (χ1v) is 8.99. The van der Waals surface area contributed by atoms with E-state index in [1.807, 2.05) is 20.8 Å². The molecule has 146 valence electrons. The summed E-state index contributed by atoms with van der Waals surface area (Å²) in [6.45, 7) is 5.26. The Morgan fingerprint density at radius 3 is 2.56 bits per heavy atom. The zero-order valence-electron chi connectivity index (χ0n) is 15.6. The predicted molar refractivity (Wildman–Crippen MR) is 103 cm³/mol. The monoisotopic (exact) mass is 440 g/mol. The summed E-state index contributed by atoms with van der Waals surface area (Å²) in [4.78, 5) is 9.82. The second-order valence-electron chi connectivity index (χ2n) is 6.83. The Bertz CT molecular complexity index is 850. The van der Waals surface area contributed by atoms with Gasteiger partial charge in [0.2, 0.25) is 0 Å². The lowest BCUT2D eigenvalue weighted by molar-refractivity contribution is 0.00110. The maximum atomic E-state index is 13.7. The van der Waals surface area contributed by atoms with Crippen LogP contribution in [0.15, 0.2) is 33.9 Å². The van der Waals surface area contributed by atoms with Crippen molar-refractivity contribution in [2.24, 2.45) is 5.16 Å². The van der Waals surface area contributed by atoms with Crippen LogP contribution >= 0.6 is 15.9 Å². The van der Waals surface area contributed by atoms with E-state index in [0.29, 0.717) is 16.8 Å². The third kappa shape index (κ3) is 5.47. The standard InChI is InChI=1S/C19H22BrFN2O4/c1-19(2,3)27-23-16(11-5-6-15(21)14(20)8-11)17-18(25)12(10-26-4)7-13(9-24)22-17/h5-8,24-25H,9-10H2,1-4H3/b23-16+. The van der Waals surface area contributed by atoms with Crippen molar-refractivity contribution < 1.29 is 24.2 Å².